The highest BCUT2D eigenvalue weighted by Gasteiger charge is 2.46. The van der Waals surface area contributed by atoms with E-state index in [-0.39, 0.29) is 0 Å². The number of fused-ring (bicyclic) bond motifs is 1. The van der Waals surface area contributed by atoms with Crippen LogP contribution in [0, 0.1) is 6.07 Å². The van der Waals surface area contributed by atoms with Crippen LogP contribution in [0.1, 0.15) is 0 Å². The molecule has 2 nitrogen and oxygen atoms in total. The fourth-order valence-electron chi connectivity index (χ4n) is 1.38. The summed E-state index contributed by atoms with van der Waals surface area (Å²) in [5, 5.41) is 0.964. The Kier molecular flexibility index (Phi) is 2.61. The van der Waals surface area contributed by atoms with Crippen molar-refractivity contribution in [3.05, 3.63) is 42.5 Å². The molecule has 89 valence electrons. The Bertz CT molecular complexity index is 660. The maximum atomic E-state index is 12.3. The zero-order valence-electron chi connectivity index (χ0n) is 8.32. The van der Waals surface area contributed by atoms with Crippen LogP contribution in [-0.2, 0) is 9.84 Å². The molecule has 0 aliphatic heterocycles. The first-order valence-corrected chi connectivity index (χ1v) is 6.03. The van der Waals surface area contributed by atoms with Crippen molar-refractivity contribution in [1.29, 1.82) is 0 Å². The lowest BCUT2D eigenvalue weighted by Gasteiger charge is -2.08. The fraction of sp³-hybridized carbons (Fsp3) is 0.0909. The Morgan fingerprint density at radius 2 is 1.65 bits per heavy atom. The predicted molar refractivity (Wildman–Crippen MR) is 56.0 cm³/mol. The van der Waals surface area contributed by atoms with Gasteiger partial charge in [0, 0.05) is 6.07 Å². The topological polar surface area (TPSA) is 34.1 Å². The van der Waals surface area contributed by atoms with Gasteiger partial charge in [-0.15, -0.1) is 0 Å². The normalized spacial score (nSPS) is 12.9. The van der Waals surface area contributed by atoms with Crippen LogP contribution >= 0.6 is 0 Å². The summed E-state index contributed by atoms with van der Waals surface area (Å²) in [4.78, 5) is -0.858. The Balaban J connectivity index is 2.66. The van der Waals surface area contributed by atoms with E-state index >= 15 is 0 Å². The SMILES string of the molecule is O=S(=O)(c1[c]c2ccccc2cc1)C(F)(F)F. The minimum Gasteiger partial charge on any atom is -0.214 e. The van der Waals surface area contributed by atoms with Gasteiger partial charge >= 0.3 is 5.51 Å². The van der Waals surface area contributed by atoms with Gasteiger partial charge < -0.3 is 0 Å². The van der Waals surface area contributed by atoms with Crippen LogP contribution in [0.2, 0.25) is 0 Å². The maximum Gasteiger partial charge on any atom is 0.501 e. The average molecular weight is 259 g/mol. The number of alkyl halides is 3. The molecular formula is C11H6F3O2S. The number of benzene rings is 2. The van der Waals surface area contributed by atoms with Crippen molar-refractivity contribution < 1.29 is 21.6 Å². The summed E-state index contributed by atoms with van der Waals surface area (Å²) in [6.07, 6.45) is 0. The molecule has 17 heavy (non-hydrogen) atoms. The third kappa shape index (κ3) is 2.00. The minimum atomic E-state index is -5.32. The number of halogens is 3. The van der Waals surface area contributed by atoms with Crippen molar-refractivity contribution >= 4 is 20.6 Å². The molecule has 0 saturated heterocycles. The van der Waals surface area contributed by atoms with E-state index in [0.717, 1.165) is 6.07 Å². The summed E-state index contributed by atoms with van der Waals surface area (Å²) < 4.78 is 59.2. The fourth-order valence-corrected chi connectivity index (χ4v) is 2.12. The Morgan fingerprint density at radius 3 is 2.29 bits per heavy atom. The number of hydrogen-bond donors (Lipinski definition) is 0. The van der Waals surface area contributed by atoms with E-state index in [4.69, 9.17) is 0 Å². The summed E-state index contributed by atoms with van der Waals surface area (Å²) >= 11 is 0. The zero-order valence-corrected chi connectivity index (χ0v) is 9.14. The van der Waals surface area contributed by atoms with Crippen molar-refractivity contribution in [2.24, 2.45) is 0 Å². The third-order valence-corrected chi connectivity index (χ3v) is 3.65. The molecule has 0 bridgehead atoms. The molecule has 0 unspecified atom stereocenters. The van der Waals surface area contributed by atoms with Gasteiger partial charge in [0.15, 0.2) is 0 Å². The van der Waals surface area contributed by atoms with Crippen molar-refractivity contribution in [3.63, 3.8) is 0 Å². The number of hydrogen-bond acceptors (Lipinski definition) is 2. The molecule has 2 aromatic carbocycles. The molecule has 2 rings (SSSR count). The van der Waals surface area contributed by atoms with E-state index in [1.165, 1.54) is 12.1 Å². The van der Waals surface area contributed by atoms with Crippen LogP contribution < -0.4 is 0 Å². The lowest BCUT2D eigenvalue weighted by molar-refractivity contribution is -0.0436. The molecule has 0 amide bonds. The summed E-state index contributed by atoms with van der Waals surface area (Å²) in [6, 6.07) is 11.0. The predicted octanol–water partition coefficient (Wildman–Crippen LogP) is 2.93. The van der Waals surface area contributed by atoms with E-state index in [1.807, 2.05) is 0 Å². The van der Waals surface area contributed by atoms with E-state index < -0.39 is 20.2 Å². The van der Waals surface area contributed by atoms with Crippen molar-refractivity contribution in [2.75, 3.05) is 0 Å². The van der Waals surface area contributed by atoms with E-state index in [2.05, 4.69) is 6.07 Å². The summed E-state index contributed by atoms with van der Waals surface area (Å²) in [6.45, 7) is 0. The molecule has 0 spiro atoms. The summed E-state index contributed by atoms with van der Waals surface area (Å²) in [5.74, 6) is 0. The zero-order chi connectivity index (χ0) is 12.7. The highest BCUT2D eigenvalue weighted by Crippen LogP contribution is 2.31. The van der Waals surface area contributed by atoms with Gasteiger partial charge in [0.2, 0.25) is 0 Å². The van der Waals surface area contributed by atoms with Crippen molar-refractivity contribution in [2.45, 2.75) is 10.4 Å². The Hall–Kier alpha value is -1.56. The maximum absolute atomic E-state index is 12.3. The van der Waals surface area contributed by atoms with Crippen molar-refractivity contribution in [3.8, 4) is 0 Å². The molecule has 0 aliphatic carbocycles. The smallest absolute Gasteiger partial charge is 0.214 e. The van der Waals surface area contributed by atoms with Gasteiger partial charge in [0.1, 0.15) is 0 Å². The number of rotatable bonds is 1. The van der Waals surface area contributed by atoms with Gasteiger partial charge in [0.25, 0.3) is 9.84 Å². The van der Waals surface area contributed by atoms with Crippen molar-refractivity contribution in [1.82, 2.24) is 0 Å². The molecule has 6 heteroatoms. The van der Waals surface area contributed by atoms with E-state index in [9.17, 15) is 21.6 Å². The molecule has 0 N–H and O–H groups in total. The van der Waals surface area contributed by atoms with Crippen LogP contribution in [0.25, 0.3) is 10.8 Å². The highest BCUT2D eigenvalue weighted by atomic mass is 32.2. The third-order valence-electron chi connectivity index (χ3n) is 2.23. The summed E-state index contributed by atoms with van der Waals surface area (Å²) in [7, 11) is -5.32. The Labute approximate surface area is 95.6 Å². The molecule has 0 saturated carbocycles. The first kappa shape index (κ1) is 11.9. The molecule has 0 aliphatic rings. The molecule has 0 aromatic heterocycles. The van der Waals surface area contributed by atoms with Gasteiger partial charge in [-0.05, 0) is 16.8 Å². The van der Waals surface area contributed by atoms with Crippen LogP contribution in [0.4, 0.5) is 13.2 Å². The average Bonchev–Trinajstić information content (AvgIpc) is 2.27. The van der Waals surface area contributed by atoms with E-state index in [1.54, 1.807) is 18.2 Å². The largest absolute Gasteiger partial charge is 0.501 e. The quantitative estimate of drug-likeness (QED) is 0.789. The van der Waals surface area contributed by atoms with E-state index in [0.29, 0.717) is 10.8 Å². The van der Waals surface area contributed by atoms with Crippen LogP contribution in [0.3, 0.4) is 0 Å². The molecule has 0 fully saturated rings. The van der Waals surface area contributed by atoms with Crippen LogP contribution in [0.15, 0.2) is 41.3 Å². The van der Waals surface area contributed by atoms with Gasteiger partial charge in [-0.1, -0.05) is 30.3 Å². The van der Waals surface area contributed by atoms with Gasteiger partial charge in [-0.3, -0.25) is 0 Å². The standard InChI is InChI=1S/C11H6F3O2S/c12-11(13,14)17(15,16)10-6-5-8-3-1-2-4-9(8)7-10/h1-6H. The lowest BCUT2D eigenvalue weighted by Crippen LogP contribution is -2.23. The molecule has 0 heterocycles. The molecule has 1 radical (unpaired) electrons. The van der Waals surface area contributed by atoms with Gasteiger partial charge in [0.05, 0.1) is 4.90 Å². The summed E-state index contributed by atoms with van der Waals surface area (Å²) in [5.41, 5.74) is -5.30. The number of sulfone groups is 1. The second-order valence-corrected chi connectivity index (χ2v) is 5.27. The highest BCUT2D eigenvalue weighted by molar-refractivity contribution is 7.92. The monoisotopic (exact) mass is 259 g/mol. The van der Waals surface area contributed by atoms with Gasteiger partial charge in [-0.25, -0.2) is 8.42 Å². The minimum absolute atomic E-state index is 0.331. The first-order chi connectivity index (χ1) is 7.82. The second kappa shape index (κ2) is 3.73. The lowest BCUT2D eigenvalue weighted by atomic mass is 10.1. The first-order valence-electron chi connectivity index (χ1n) is 4.55. The second-order valence-electron chi connectivity index (χ2n) is 3.36. The Morgan fingerprint density at radius 1 is 1.00 bits per heavy atom. The van der Waals surface area contributed by atoms with Crippen LogP contribution in [-0.4, -0.2) is 13.9 Å². The van der Waals surface area contributed by atoms with Crippen LogP contribution in [0.5, 0.6) is 0 Å². The van der Waals surface area contributed by atoms with Gasteiger partial charge in [-0.2, -0.15) is 13.2 Å². The molecular weight excluding hydrogens is 253 g/mol. The molecule has 2 aromatic rings. The molecule has 0 atom stereocenters.